The Hall–Kier alpha value is -3.41. The second-order valence-corrected chi connectivity index (χ2v) is 4.13. The zero-order valence-electron chi connectivity index (χ0n) is 11.5. The van der Waals surface area contributed by atoms with Gasteiger partial charge in [0.2, 0.25) is 0 Å². The van der Waals surface area contributed by atoms with Gasteiger partial charge < -0.3 is 10.5 Å². The lowest BCUT2D eigenvalue weighted by Crippen LogP contribution is -2.08. The lowest BCUT2D eigenvalue weighted by Gasteiger charge is -2.03. The molecule has 2 N–H and O–H groups in total. The van der Waals surface area contributed by atoms with Crippen LogP contribution in [0.3, 0.4) is 0 Å². The number of non-ortho nitro benzene ring substituents is 1. The molecule has 0 amide bonds. The molecule has 22 heavy (non-hydrogen) atoms. The van der Waals surface area contributed by atoms with Crippen molar-refractivity contribution in [2.45, 2.75) is 6.92 Å². The summed E-state index contributed by atoms with van der Waals surface area (Å²) in [6.45, 7) is 1.76. The Morgan fingerprint density at radius 3 is 2.64 bits per heavy atom. The van der Waals surface area contributed by atoms with Crippen LogP contribution in [0.4, 0.5) is 11.5 Å². The van der Waals surface area contributed by atoms with Crippen LogP contribution in [0.15, 0.2) is 24.3 Å². The summed E-state index contributed by atoms with van der Waals surface area (Å²) in [7, 11) is 0. The van der Waals surface area contributed by atoms with Crippen molar-refractivity contribution < 1.29 is 14.5 Å². The number of nitro benzene ring substituents is 1. The van der Waals surface area contributed by atoms with Crippen LogP contribution < -0.4 is 5.73 Å². The van der Waals surface area contributed by atoms with E-state index < -0.39 is 10.9 Å². The van der Waals surface area contributed by atoms with Gasteiger partial charge in [-0.3, -0.25) is 10.1 Å². The normalized spacial score (nSPS) is 10.0. The van der Waals surface area contributed by atoms with Crippen LogP contribution in [-0.2, 0) is 4.74 Å². The number of nitrogen functional groups attached to an aromatic ring is 1. The molecule has 0 aliphatic heterocycles. The van der Waals surface area contributed by atoms with Crippen molar-refractivity contribution in [2.24, 2.45) is 0 Å². The van der Waals surface area contributed by atoms with Crippen LogP contribution in [-0.4, -0.2) is 27.3 Å². The fourth-order valence-electron chi connectivity index (χ4n) is 1.80. The van der Waals surface area contributed by atoms with Crippen LogP contribution >= 0.6 is 0 Å². The van der Waals surface area contributed by atoms with E-state index in [1.165, 1.54) is 24.3 Å². The third-order valence-electron chi connectivity index (χ3n) is 2.81. The molecule has 0 spiro atoms. The fourth-order valence-corrected chi connectivity index (χ4v) is 1.80. The fraction of sp³-hybridized carbons (Fsp3) is 0.154. The Morgan fingerprint density at radius 2 is 2.14 bits per heavy atom. The molecule has 0 fully saturated rings. The van der Waals surface area contributed by atoms with Crippen molar-refractivity contribution in [2.75, 3.05) is 12.3 Å². The number of rotatable bonds is 4. The lowest BCUT2D eigenvalue weighted by molar-refractivity contribution is -0.384. The van der Waals surface area contributed by atoms with Crippen molar-refractivity contribution in [1.82, 2.24) is 9.78 Å². The molecule has 0 aliphatic carbocycles. The number of nitriles is 1. The maximum Gasteiger partial charge on any atom is 0.360 e. The Kier molecular flexibility index (Phi) is 4.04. The van der Waals surface area contributed by atoms with Crippen LogP contribution in [0.5, 0.6) is 0 Å². The van der Waals surface area contributed by atoms with Gasteiger partial charge in [0, 0.05) is 12.1 Å². The van der Waals surface area contributed by atoms with Gasteiger partial charge in [-0.05, 0) is 19.1 Å². The maximum atomic E-state index is 11.8. The number of carbonyl (C=O) groups excluding carboxylic acids is 1. The molecule has 0 saturated heterocycles. The summed E-state index contributed by atoms with van der Waals surface area (Å²) >= 11 is 0. The molecule has 0 aliphatic rings. The number of hydrogen-bond donors (Lipinski definition) is 1. The molecular weight excluding hydrogens is 290 g/mol. The van der Waals surface area contributed by atoms with E-state index in [0.717, 1.165) is 4.68 Å². The van der Waals surface area contributed by atoms with Crippen molar-refractivity contribution in [1.29, 1.82) is 5.26 Å². The molecule has 0 atom stereocenters. The third-order valence-corrected chi connectivity index (χ3v) is 2.81. The first kappa shape index (κ1) is 15.0. The smallest absolute Gasteiger partial charge is 0.360 e. The first-order chi connectivity index (χ1) is 10.5. The maximum absolute atomic E-state index is 11.8. The highest BCUT2D eigenvalue weighted by atomic mass is 16.6. The van der Waals surface area contributed by atoms with Crippen LogP contribution in [0.2, 0.25) is 0 Å². The van der Waals surface area contributed by atoms with Gasteiger partial charge in [0.05, 0.1) is 17.2 Å². The molecular formula is C13H11N5O4. The third kappa shape index (κ3) is 2.57. The van der Waals surface area contributed by atoms with Gasteiger partial charge in [-0.1, -0.05) is 0 Å². The molecule has 0 radical (unpaired) electrons. The van der Waals surface area contributed by atoms with E-state index >= 15 is 0 Å². The highest BCUT2D eigenvalue weighted by molar-refractivity contribution is 5.92. The molecule has 2 rings (SSSR count). The highest BCUT2D eigenvalue weighted by Crippen LogP contribution is 2.22. The number of anilines is 1. The number of esters is 1. The summed E-state index contributed by atoms with van der Waals surface area (Å²) in [5.41, 5.74) is 5.81. The van der Waals surface area contributed by atoms with Crippen molar-refractivity contribution in [3.05, 3.63) is 45.6 Å². The largest absolute Gasteiger partial charge is 0.461 e. The van der Waals surface area contributed by atoms with E-state index in [9.17, 15) is 14.9 Å². The SMILES string of the molecule is CCOC(=O)c1nn(-c2ccc([N+](=O)[O-])cc2)c(N)c1C#N. The van der Waals surface area contributed by atoms with E-state index in [2.05, 4.69) is 5.10 Å². The topological polar surface area (TPSA) is 137 Å². The Labute approximate surface area is 124 Å². The van der Waals surface area contributed by atoms with Crippen LogP contribution in [0, 0.1) is 21.4 Å². The standard InChI is InChI=1S/C13H11N5O4/c1-2-22-13(19)11-10(7-14)12(15)17(16-11)8-3-5-9(6-4-8)18(20)21/h3-6H,2,15H2,1H3. The number of aromatic nitrogens is 2. The Balaban J connectivity index is 2.50. The predicted molar refractivity (Wildman–Crippen MR) is 75.3 cm³/mol. The Morgan fingerprint density at radius 1 is 1.50 bits per heavy atom. The summed E-state index contributed by atoms with van der Waals surface area (Å²) in [5, 5.41) is 23.7. The number of ether oxygens (including phenoxy) is 1. The molecule has 0 saturated carbocycles. The van der Waals surface area contributed by atoms with E-state index in [0.29, 0.717) is 5.69 Å². The summed E-state index contributed by atoms with van der Waals surface area (Å²) in [6.07, 6.45) is 0. The second kappa shape index (κ2) is 5.92. The van der Waals surface area contributed by atoms with E-state index in [1.807, 2.05) is 0 Å². The molecule has 0 unspecified atom stereocenters. The van der Waals surface area contributed by atoms with Gasteiger partial charge in [-0.15, -0.1) is 0 Å². The van der Waals surface area contributed by atoms with Crippen molar-refractivity contribution in [3.63, 3.8) is 0 Å². The minimum atomic E-state index is -0.758. The van der Waals surface area contributed by atoms with Gasteiger partial charge in [0.15, 0.2) is 5.69 Å². The number of nitrogens with zero attached hydrogens (tertiary/aromatic N) is 4. The lowest BCUT2D eigenvalue weighted by atomic mass is 10.2. The number of hydrogen-bond acceptors (Lipinski definition) is 7. The van der Waals surface area contributed by atoms with Crippen LogP contribution in [0.1, 0.15) is 23.0 Å². The van der Waals surface area contributed by atoms with Crippen molar-refractivity contribution >= 4 is 17.5 Å². The van der Waals surface area contributed by atoms with Crippen LogP contribution in [0.25, 0.3) is 5.69 Å². The van der Waals surface area contributed by atoms with Gasteiger partial charge in [-0.25, -0.2) is 9.48 Å². The molecule has 9 heteroatoms. The first-order valence-corrected chi connectivity index (χ1v) is 6.20. The minimum Gasteiger partial charge on any atom is -0.461 e. The summed E-state index contributed by atoms with van der Waals surface area (Å²) in [6, 6.07) is 7.17. The molecule has 9 nitrogen and oxygen atoms in total. The number of carbonyl (C=O) groups is 1. The minimum absolute atomic E-state index is 0.0422. The summed E-state index contributed by atoms with van der Waals surface area (Å²) < 4.78 is 5.98. The van der Waals surface area contributed by atoms with Gasteiger partial charge in [-0.2, -0.15) is 10.4 Å². The van der Waals surface area contributed by atoms with Gasteiger partial charge in [0.1, 0.15) is 17.5 Å². The second-order valence-electron chi connectivity index (χ2n) is 4.13. The molecule has 2 aromatic rings. The highest BCUT2D eigenvalue weighted by Gasteiger charge is 2.23. The average molecular weight is 301 g/mol. The van der Waals surface area contributed by atoms with Gasteiger partial charge in [0.25, 0.3) is 5.69 Å². The number of nitro groups is 1. The van der Waals surface area contributed by atoms with E-state index in [4.69, 9.17) is 15.7 Å². The zero-order chi connectivity index (χ0) is 16.3. The molecule has 1 aromatic carbocycles. The quantitative estimate of drug-likeness (QED) is 0.512. The monoisotopic (exact) mass is 301 g/mol. The molecule has 1 aromatic heterocycles. The van der Waals surface area contributed by atoms with E-state index in [1.54, 1.807) is 13.0 Å². The number of benzene rings is 1. The predicted octanol–water partition coefficient (Wildman–Crippen LogP) is 1.41. The van der Waals surface area contributed by atoms with E-state index in [-0.39, 0.29) is 29.4 Å². The summed E-state index contributed by atoms with van der Waals surface area (Å²) in [4.78, 5) is 21.9. The molecule has 1 heterocycles. The summed E-state index contributed by atoms with van der Waals surface area (Å²) in [5.74, 6) is -0.800. The first-order valence-electron chi connectivity index (χ1n) is 6.20. The van der Waals surface area contributed by atoms with Crippen molar-refractivity contribution in [3.8, 4) is 11.8 Å². The number of nitrogens with two attached hydrogens (primary N) is 1. The molecule has 0 bridgehead atoms. The average Bonchev–Trinajstić information content (AvgIpc) is 2.84. The van der Waals surface area contributed by atoms with Gasteiger partial charge >= 0.3 is 5.97 Å². The zero-order valence-corrected chi connectivity index (χ0v) is 11.5. The Bertz CT molecular complexity index is 773. The molecule has 112 valence electrons.